The Bertz CT molecular complexity index is 1610. The minimum Gasteiger partial charge on any atom is -0.462 e. The molecule has 2 N–H and O–H groups in total. The van der Waals surface area contributed by atoms with Crippen molar-refractivity contribution >= 4 is 39.8 Å². The highest BCUT2D eigenvalue weighted by Gasteiger charge is 2.43. The highest BCUT2D eigenvalue weighted by Crippen LogP contribution is 2.46. The molecule has 3 aliphatic heterocycles. The molecule has 3 aromatic rings. The number of carbonyl (C=O) groups is 1. The third-order valence-corrected chi connectivity index (χ3v) is 10.6. The molecule has 1 aromatic heterocycles. The number of nitrogens with zero attached hydrogens (tertiary/aromatic N) is 5. The number of fused-ring (bicyclic) bond motifs is 1. The molecule has 4 aliphatic rings. The molecule has 2 fully saturated rings. The number of anilines is 2. The lowest BCUT2D eigenvalue weighted by Crippen LogP contribution is -2.47. The predicted octanol–water partition coefficient (Wildman–Crippen LogP) is 5.49. The number of likely N-dealkylation sites (tertiary alicyclic amines) is 1. The van der Waals surface area contributed by atoms with Crippen molar-refractivity contribution in [3.63, 3.8) is 0 Å². The SMILES string of the molecule is CC(C)C(N)C(=O)OCC1CC(C)N(C2CC2)c2nc(OC[C@@H]3CCCN3C)nc3c2C(CN(c2cccc4cccc(Cl)c24)C3)O1. The van der Waals surface area contributed by atoms with E-state index in [0.29, 0.717) is 49.2 Å². The van der Waals surface area contributed by atoms with E-state index >= 15 is 0 Å². The van der Waals surface area contributed by atoms with Crippen molar-refractivity contribution in [1.82, 2.24) is 14.9 Å². The summed E-state index contributed by atoms with van der Waals surface area (Å²) in [6.45, 7) is 8.97. The van der Waals surface area contributed by atoms with Gasteiger partial charge in [-0.25, -0.2) is 0 Å². The normalized spacial score (nSPS) is 25.4. The van der Waals surface area contributed by atoms with Gasteiger partial charge >= 0.3 is 12.0 Å². The maximum absolute atomic E-state index is 12.8. The van der Waals surface area contributed by atoms with Gasteiger partial charge in [0.25, 0.3) is 0 Å². The Morgan fingerprint density at radius 2 is 1.91 bits per heavy atom. The van der Waals surface area contributed by atoms with Crippen LogP contribution >= 0.6 is 11.6 Å². The summed E-state index contributed by atoms with van der Waals surface area (Å²) in [4.78, 5) is 30.1. The molecule has 0 radical (unpaired) electrons. The van der Waals surface area contributed by atoms with E-state index in [-0.39, 0.29) is 30.8 Å². The highest BCUT2D eigenvalue weighted by molar-refractivity contribution is 6.36. The summed E-state index contributed by atoms with van der Waals surface area (Å²) in [5, 5.41) is 2.78. The Hall–Kier alpha value is -3.18. The number of esters is 1. The lowest BCUT2D eigenvalue weighted by molar-refractivity contribution is -0.153. The average molecular weight is 663 g/mol. The average Bonchev–Trinajstić information content (AvgIpc) is 3.79. The lowest BCUT2D eigenvalue weighted by atomic mass is 9.96. The zero-order valence-electron chi connectivity index (χ0n) is 27.9. The first-order chi connectivity index (χ1) is 22.7. The van der Waals surface area contributed by atoms with Crippen LogP contribution in [0.15, 0.2) is 36.4 Å². The second kappa shape index (κ2) is 13.4. The van der Waals surface area contributed by atoms with Crippen molar-refractivity contribution in [2.75, 3.05) is 43.2 Å². The summed E-state index contributed by atoms with van der Waals surface area (Å²) in [6, 6.07) is 12.9. The lowest BCUT2D eigenvalue weighted by Gasteiger charge is -2.43. The van der Waals surface area contributed by atoms with Gasteiger partial charge in [0, 0.05) is 41.3 Å². The number of rotatable bonds is 9. The molecule has 1 saturated carbocycles. The number of hydrogen-bond donors (Lipinski definition) is 1. The van der Waals surface area contributed by atoms with Gasteiger partial charge in [0.2, 0.25) is 0 Å². The van der Waals surface area contributed by atoms with E-state index < -0.39 is 12.0 Å². The van der Waals surface area contributed by atoms with Crippen LogP contribution in [0.2, 0.25) is 5.02 Å². The smallest absolute Gasteiger partial charge is 0.323 e. The van der Waals surface area contributed by atoms with E-state index in [2.05, 4.69) is 52.9 Å². The molecule has 4 heterocycles. The Balaban J connectivity index is 1.28. The Kier molecular flexibility index (Phi) is 9.21. The number of likely N-dealkylation sites (N-methyl/N-ethyl adjacent to an activating group) is 1. The fourth-order valence-corrected chi connectivity index (χ4v) is 7.73. The third-order valence-electron chi connectivity index (χ3n) is 10.3. The van der Waals surface area contributed by atoms with Crippen LogP contribution in [-0.4, -0.2) is 84.5 Å². The van der Waals surface area contributed by atoms with Gasteiger partial charge in [-0.1, -0.05) is 49.7 Å². The number of benzene rings is 2. The van der Waals surface area contributed by atoms with Crippen molar-refractivity contribution in [3.8, 4) is 6.01 Å². The molecule has 10 nitrogen and oxygen atoms in total. The number of ether oxygens (including phenoxy) is 3. The van der Waals surface area contributed by atoms with Crippen LogP contribution in [0.5, 0.6) is 6.01 Å². The van der Waals surface area contributed by atoms with Crippen molar-refractivity contribution < 1.29 is 19.0 Å². The van der Waals surface area contributed by atoms with Crippen molar-refractivity contribution in [2.45, 2.75) is 95.8 Å². The third kappa shape index (κ3) is 6.62. The van der Waals surface area contributed by atoms with E-state index in [9.17, 15) is 4.79 Å². The van der Waals surface area contributed by atoms with Gasteiger partial charge in [-0.3, -0.25) is 4.79 Å². The van der Waals surface area contributed by atoms with Crippen LogP contribution in [-0.2, 0) is 20.8 Å². The first-order valence-corrected chi connectivity index (χ1v) is 17.6. The first-order valence-electron chi connectivity index (χ1n) is 17.2. The van der Waals surface area contributed by atoms with Crippen molar-refractivity contribution in [3.05, 3.63) is 52.7 Å². The number of halogens is 1. The van der Waals surface area contributed by atoms with Crippen LogP contribution in [0, 0.1) is 5.92 Å². The molecular weight excluding hydrogens is 616 g/mol. The Morgan fingerprint density at radius 1 is 1.13 bits per heavy atom. The fourth-order valence-electron chi connectivity index (χ4n) is 7.45. The summed E-state index contributed by atoms with van der Waals surface area (Å²) in [5.41, 5.74) is 9.05. The number of hydrogen-bond acceptors (Lipinski definition) is 10. The van der Waals surface area contributed by atoms with Crippen LogP contribution < -0.4 is 20.3 Å². The molecule has 47 heavy (non-hydrogen) atoms. The van der Waals surface area contributed by atoms with Gasteiger partial charge in [0.15, 0.2) is 0 Å². The van der Waals surface area contributed by atoms with E-state index in [4.69, 9.17) is 41.5 Å². The molecule has 2 aromatic carbocycles. The number of carbonyl (C=O) groups excluding carboxylic acids is 1. The van der Waals surface area contributed by atoms with E-state index in [0.717, 1.165) is 59.3 Å². The largest absolute Gasteiger partial charge is 0.462 e. The van der Waals surface area contributed by atoms with E-state index in [1.807, 2.05) is 26.0 Å². The maximum atomic E-state index is 12.8. The Labute approximate surface area is 282 Å². The minimum atomic E-state index is -0.673. The van der Waals surface area contributed by atoms with Gasteiger partial charge in [-0.15, -0.1) is 0 Å². The molecular formula is C36H47ClN6O4. The molecule has 252 valence electrons. The summed E-state index contributed by atoms with van der Waals surface area (Å²) in [5.74, 6) is 0.506. The summed E-state index contributed by atoms with van der Waals surface area (Å²) in [6.07, 6.45) is 4.50. The van der Waals surface area contributed by atoms with Crippen LogP contribution in [0.4, 0.5) is 11.5 Å². The molecule has 4 unspecified atom stereocenters. The molecule has 0 spiro atoms. The van der Waals surface area contributed by atoms with Gasteiger partial charge in [-0.05, 0) is 76.1 Å². The Morgan fingerprint density at radius 3 is 2.64 bits per heavy atom. The number of nitrogens with two attached hydrogens (primary N) is 1. The molecule has 5 atom stereocenters. The molecule has 0 bridgehead atoms. The predicted molar refractivity (Wildman–Crippen MR) is 184 cm³/mol. The second-order valence-electron chi connectivity index (χ2n) is 14.1. The van der Waals surface area contributed by atoms with Gasteiger partial charge in [0.1, 0.15) is 31.2 Å². The molecule has 0 amide bonds. The summed E-state index contributed by atoms with van der Waals surface area (Å²) in [7, 11) is 2.15. The van der Waals surface area contributed by atoms with Crippen molar-refractivity contribution in [1.29, 1.82) is 0 Å². The van der Waals surface area contributed by atoms with E-state index in [1.165, 1.54) is 6.42 Å². The fraction of sp³-hybridized carbons (Fsp3) is 0.583. The maximum Gasteiger partial charge on any atom is 0.323 e. The van der Waals surface area contributed by atoms with Gasteiger partial charge in [-0.2, -0.15) is 9.97 Å². The molecule has 1 saturated heterocycles. The molecule has 1 aliphatic carbocycles. The summed E-state index contributed by atoms with van der Waals surface area (Å²) < 4.78 is 19.1. The second-order valence-corrected chi connectivity index (χ2v) is 14.6. The quantitative estimate of drug-likeness (QED) is 0.296. The van der Waals surface area contributed by atoms with Crippen LogP contribution in [0.1, 0.15) is 70.2 Å². The topological polar surface area (TPSA) is 106 Å². The minimum absolute atomic E-state index is 0.0125. The zero-order chi connectivity index (χ0) is 32.8. The van der Waals surface area contributed by atoms with E-state index in [1.54, 1.807) is 0 Å². The molecule has 7 rings (SSSR count). The van der Waals surface area contributed by atoms with Gasteiger partial charge in [0.05, 0.1) is 23.4 Å². The van der Waals surface area contributed by atoms with Crippen molar-refractivity contribution in [2.24, 2.45) is 11.7 Å². The van der Waals surface area contributed by atoms with Crippen LogP contribution in [0.3, 0.4) is 0 Å². The zero-order valence-corrected chi connectivity index (χ0v) is 28.7. The standard InChI is InChI=1S/C36H47ClN6O4/c1-21(2)33(38)35(44)45-20-26-16-22(3)43(24-13-14-24)34-32-28(39-36(40-34)46-19-25-10-7-15-41(25)4)17-42(18-30(32)47-26)29-12-6-9-23-8-5-11-27(37)31(23)29/h5-6,8-9,11-12,21-22,24-26,30,33H,7,10,13-20,38H2,1-4H3/t22?,25-,26?,30?,33?/m0/s1. The molecule has 11 heteroatoms. The first kappa shape index (κ1) is 32.4. The summed E-state index contributed by atoms with van der Waals surface area (Å²) >= 11 is 6.82. The number of aromatic nitrogens is 2. The monoisotopic (exact) mass is 662 g/mol. The van der Waals surface area contributed by atoms with Crippen LogP contribution in [0.25, 0.3) is 10.8 Å². The van der Waals surface area contributed by atoms with Gasteiger partial charge < -0.3 is 34.6 Å². The highest BCUT2D eigenvalue weighted by atomic mass is 35.5.